The highest BCUT2D eigenvalue weighted by Gasteiger charge is 2.35. The lowest BCUT2D eigenvalue weighted by Gasteiger charge is -2.34. The number of hydrogen-bond acceptors (Lipinski definition) is 4. The number of hydrogen-bond donors (Lipinski definition) is 1. The van der Waals surface area contributed by atoms with Crippen molar-refractivity contribution in [3.8, 4) is 5.75 Å². The Hall–Kier alpha value is -3.67. The van der Waals surface area contributed by atoms with Gasteiger partial charge in [0.15, 0.2) is 0 Å². The Morgan fingerprint density at radius 3 is 2.40 bits per heavy atom. The largest absolute Gasteiger partial charge is 0.494 e. The third-order valence-electron chi connectivity index (χ3n) is 6.37. The van der Waals surface area contributed by atoms with E-state index in [2.05, 4.69) is 10.3 Å². The summed E-state index contributed by atoms with van der Waals surface area (Å²) in [6, 6.07) is 21.7. The second-order valence-corrected chi connectivity index (χ2v) is 8.85. The van der Waals surface area contributed by atoms with Gasteiger partial charge in [-0.05, 0) is 43.5 Å². The Balaban J connectivity index is 1.78. The molecule has 1 atom stereocenters. The van der Waals surface area contributed by atoms with E-state index in [0.29, 0.717) is 23.6 Å². The molecule has 0 spiro atoms. The predicted molar refractivity (Wildman–Crippen MR) is 136 cm³/mol. The van der Waals surface area contributed by atoms with Gasteiger partial charge in [-0.1, -0.05) is 73.9 Å². The minimum atomic E-state index is -0.866. The van der Waals surface area contributed by atoms with Gasteiger partial charge in [-0.3, -0.25) is 14.6 Å². The number of amides is 2. The molecule has 0 saturated heterocycles. The highest BCUT2D eigenvalue weighted by molar-refractivity contribution is 5.96. The maximum Gasteiger partial charge on any atom is 0.273 e. The number of nitrogens with one attached hydrogen (secondary N) is 1. The smallest absolute Gasteiger partial charge is 0.273 e. The average Bonchev–Trinajstić information content (AvgIpc) is 2.90. The van der Waals surface area contributed by atoms with E-state index in [4.69, 9.17) is 4.74 Å². The zero-order valence-corrected chi connectivity index (χ0v) is 20.2. The van der Waals surface area contributed by atoms with Gasteiger partial charge in [-0.25, -0.2) is 0 Å². The number of rotatable bonds is 9. The van der Waals surface area contributed by atoms with Crippen molar-refractivity contribution in [3.63, 3.8) is 0 Å². The Kier molecular flexibility index (Phi) is 8.49. The fourth-order valence-corrected chi connectivity index (χ4v) is 4.67. The molecule has 1 aromatic heterocycles. The lowest BCUT2D eigenvalue weighted by atomic mass is 9.94. The predicted octanol–water partition coefficient (Wildman–Crippen LogP) is 5.31. The number of benzene rings is 2. The molecule has 1 fully saturated rings. The molecule has 0 bridgehead atoms. The second kappa shape index (κ2) is 12.2. The molecule has 35 heavy (non-hydrogen) atoms. The summed E-state index contributed by atoms with van der Waals surface area (Å²) in [5, 5.41) is 3.25. The van der Waals surface area contributed by atoms with Crippen LogP contribution in [0.4, 0.5) is 0 Å². The van der Waals surface area contributed by atoms with E-state index in [9.17, 15) is 9.59 Å². The van der Waals surface area contributed by atoms with Crippen molar-refractivity contribution in [1.82, 2.24) is 15.2 Å². The highest BCUT2D eigenvalue weighted by Crippen LogP contribution is 2.33. The Bertz CT molecular complexity index is 1100. The second-order valence-electron chi connectivity index (χ2n) is 8.85. The summed E-state index contributed by atoms with van der Waals surface area (Å²) in [5.41, 5.74) is 1.90. The number of carbonyl (C=O) groups is 2. The van der Waals surface area contributed by atoms with Crippen LogP contribution in [-0.4, -0.2) is 34.3 Å². The summed E-state index contributed by atoms with van der Waals surface area (Å²) in [7, 11) is 0. The van der Waals surface area contributed by atoms with Gasteiger partial charge in [0.25, 0.3) is 5.91 Å². The van der Waals surface area contributed by atoms with E-state index in [-0.39, 0.29) is 24.4 Å². The van der Waals surface area contributed by atoms with E-state index in [1.165, 1.54) is 6.42 Å². The van der Waals surface area contributed by atoms with Crippen LogP contribution < -0.4 is 10.1 Å². The topological polar surface area (TPSA) is 71.5 Å². The molecule has 0 radical (unpaired) electrons. The van der Waals surface area contributed by atoms with Crippen LogP contribution in [0.25, 0.3) is 0 Å². The molecular weight excluding hydrogens is 438 g/mol. The summed E-state index contributed by atoms with van der Waals surface area (Å²) in [5.74, 6) is 0.111. The third kappa shape index (κ3) is 6.27. The Morgan fingerprint density at radius 2 is 1.69 bits per heavy atom. The van der Waals surface area contributed by atoms with Crippen molar-refractivity contribution < 1.29 is 14.3 Å². The standard InChI is InChI=1S/C29H33N3O3/c1-2-35-26-19-10-9-17-24(26)27(28(33)31-23-15-7-4-8-16-23)32(21-22-13-5-3-6-14-22)29(34)25-18-11-12-20-30-25/h3,5-6,9-14,17-20,23,27H,2,4,7-8,15-16,21H2,1H3,(H,31,33)/t27-/m0/s1. The molecule has 2 aromatic carbocycles. The lowest BCUT2D eigenvalue weighted by molar-refractivity contribution is -0.127. The summed E-state index contributed by atoms with van der Waals surface area (Å²) in [4.78, 5) is 33.7. The van der Waals surface area contributed by atoms with E-state index < -0.39 is 6.04 Å². The number of pyridine rings is 1. The van der Waals surface area contributed by atoms with Crippen molar-refractivity contribution >= 4 is 11.8 Å². The first-order valence-corrected chi connectivity index (χ1v) is 12.5. The average molecular weight is 472 g/mol. The Morgan fingerprint density at radius 1 is 0.971 bits per heavy atom. The molecule has 0 unspecified atom stereocenters. The summed E-state index contributed by atoms with van der Waals surface area (Å²) >= 11 is 0. The van der Waals surface area contributed by atoms with Crippen LogP contribution in [0.2, 0.25) is 0 Å². The minimum absolute atomic E-state index is 0.113. The molecule has 182 valence electrons. The maximum atomic E-state index is 14.0. The number of nitrogens with zero attached hydrogens (tertiary/aromatic N) is 2. The molecule has 2 amide bonds. The molecule has 6 nitrogen and oxygen atoms in total. The van der Waals surface area contributed by atoms with E-state index >= 15 is 0 Å². The number of aromatic nitrogens is 1. The van der Waals surface area contributed by atoms with Gasteiger partial charge in [-0.15, -0.1) is 0 Å². The van der Waals surface area contributed by atoms with E-state index in [1.807, 2.05) is 61.5 Å². The van der Waals surface area contributed by atoms with Gasteiger partial charge in [0, 0.05) is 24.3 Å². The molecule has 3 aromatic rings. The van der Waals surface area contributed by atoms with Crippen LogP contribution in [0.5, 0.6) is 5.75 Å². The quantitative estimate of drug-likeness (QED) is 0.459. The monoisotopic (exact) mass is 471 g/mol. The molecule has 1 N–H and O–H groups in total. The van der Waals surface area contributed by atoms with Crippen molar-refractivity contribution in [2.24, 2.45) is 0 Å². The van der Waals surface area contributed by atoms with Gasteiger partial charge in [0.1, 0.15) is 17.5 Å². The van der Waals surface area contributed by atoms with Gasteiger partial charge in [0.2, 0.25) is 5.91 Å². The van der Waals surface area contributed by atoms with Crippen LogP contribution in [0.1, 0.15) is 66.7 Å². The molecule has 6 heteroatoms. The number of ether oxygens (including phenoxy) is 1. The highest BCUT2D eigenvalue weighted by atomic mass is 16.5. The molecule has 1 aliphatic rings. The first-order chi connectivity index (χ1) is 17.2. The zero-order chi connectivity index (χ0) is 24.5. The van der Waals surface area contributed by atoms with Crippen LogP contribution in [0, 0.1) is 0 Å². The minimum Gasteiger partial charge on any atom is -0.494 e. The van der Waals surface area contributed by atoms with Crippen molar-refractivity contribution in [3.05, 3.63) is 95.8 Å². The molecule has 0 aliphatic heterocycles. The van der Waals surface area contributed by atoms with E-state index in [1.54, 1.807) is 29.3 Å². The molecule has 1 heterocycles. The van der Waals surface area contributed by atoms with Crippen LogP contribution in [-0.2, 0) is 11.3 Å². The normalized spacial score (nSPS) is 14.7. The van der Waals surface area contributed by atoms with Crippen LogP contribution in [0.15, 0.2) is 79.0 Å². The third-order valence-corrected chi connectivity index (χ3v) is 6.37. The summed E-state index contributed by atoms with van der Waals surface area (Å²) in [6.45, 7) is 2.63. The van der Waals surface area contributed by atoms with Gasteiger partial charge < -0.3 is 15.0 Å². The molecular formula is C29H33N3O3. The van der Waals surface area contributed by atoms with Crippen molar-refractivity contribution in [1.29, 1.82) is 0 Å². The SMILES string of the molecule is CCOc1ccccc1[C@@H](C(=O)NC1CCCCC1)N(Cc1ccccc1)C(=O)c1ccccn1. The summed E-state index contributed by atoms with van der Waals surface area (Å²) < 4.78 is 5.91. The van der Waals surface area contributed by atoms with Crippen molar-refractivity contribution in [2.75, 3.05) is 6.61 Å². The zero-order valence-electron chi connectivity index (χ0n) is 20.2. The fraction of sp³-hybridized carbons (Fsp3) is 0.345. The van der Waals surface area contributed by atoms with Crippen LogP contribution >= 0.6 is 0 Å². The summed E-state index contributed by atoms with van der Waals surface area (Å²) in [6.07, 6.45) is 6.91. The lowest BCUT2D eigenvalue weighted by Crippen LogP contribution is -2.47. The Labute approximate surface area is 207 Å². The fourth-order valence-electron chi connectivity index (χ4n) is 4.67. The van der Waals surface area contributed by atoms with Crippen LogP contribution in [0.3, 0.4) is 0 Å². The van der Waals surface area contributed by atoms with Gasteiger partial charge >= 0.3 is 0 Å². The first-order valence-electron chi connectivity index (χ1n) is 12.5. The first kappa shape index (κ1) is 24.5. The molecule has 1 aliphatic carbocycles. The number of carbonyl (C=O) groups excluding carboxylic acids is 2. The van der Waals surface area contributed by atoms with Crippen molar-refractivity contribution in [2.45, 2.75) is 57.7 Å². The molecule has 4 rings (SSSR count). The maximum absolute atomic E-state index is 14.0. The molecule has 1 saturated carbocycles. The number of para-hydroxylation sites is 1. The van der Waals surface area contributed by atoms with E-state index in [0.717, 1.165) is 31.2 Å². The van der Waals surface area contributed by atoms with Gasteiger partial charge in [0.05, 0.1) is 6.61 Å². The van der Waals surface area contributed by atoms with Gasteiger partial charge in [-0.2, -0.15) is 0 Å².